The molecule has 1 aliphatic heterocycles. The number of aryl methyl sites for hydroxylation is 1. The summed E-state index contributed by atoms with van der Waals surface area (Å²) in [6.45, 7) is 8.74. The zero-order valence-electron chi connectivity index (χ0n) is 21.6. The summed E-state index contributed by atoms with van der Waals surface area (Å²) in [7, 11) is -2.95. The van der Waals surface area contributed by atoms with E-state index in [1.165, 1.54) is 6.07 Å². The molecule has 1 aromatic carbocycles. The summed E-state index contributed by atoms with van der Waals surface area (Å²) in [5.74, 6) is 0.327. The van der Waals surface area contributed by atoms with Gasteiger partial charge in [0.1, 0.15) is 22.9 Å². The normalized spacial score (nSPS) is 16.7. The van der Waals surface area contributed by atoms with Crippen LogP contribution in [0.25, 0.3) is 22.3 Å². The van der Waals surface area contributed by atoms with Crippen LogP contribution < -0.4 is 5.32 Å². The number of aromatic nitrogens is 5. The summed E-state index contributed by atoms with van der Waals surface area (Å²) in [5.41, 5.74) is 1.98. The maximum absolute atomic E-state index is 14.9. The van der Waals surface area contributed by atoms with Crippen molar-refractivity contribution in [3.8, 4) is 11.3 Å². The third kappa shape index (κ3) is 5.10. The van der Waals surface area contributed by atoms with Crippen LogP contribution in [0.1, 0.15) is 44.2 Å². The highest BCUT2D eigenvalue weighted by atomic mass is 32.2. The number of imidazole rings is 1. The summed E-state index contributed by atoms with van der Waals surface area (Å²) in [5, 5.41) is 2.98. The molecule has 1 fully saturated rings. The van der Waals surface area contributed by atoms with Gasteiger partial charge in [0, 0.05) is 36.9 Å². The second-order valence-electron chi connectivity index (χ2n) is 9.80. The maximum Gasteiger partial charge on any atom is 0.229 e. The zero-order valence-corrected chi connectivity index (χ0v) is 22.4. The molecule has 0 amide bonds. The Balaban J connectivity index is 1.38. The summed E-state index contributed by atoms with van der Waals surface area (Å²) in [6.07, 6.45) is 2.75. The molecule has 1 aliphatic rings. The Morgan fingerprint density at radius 2 is 1.71 bits per heavy atom. The van der Waals surface area contributed by atoms with E-state index in [1.54, 1.807) is 18.3 Å². The van der Waals surface area contributed by atoms with Gasteiger partial charge in [0.25, 0.3) is 0 Å². The molecule has 0 spiro atoms. The number of sulfone groups is 1. The number of halogens is 2. The molecule has 0 bridgehead atoms. The van der Waals surface area contributed by atoms with Gasteiger partial charge in [0.15, 0.2) is 21.5 Å². The SMILES string of the molecule is Cc1nc2c(F)cc(-c3nc(Nc4ccc(C(C)N5CCS(=O)(=O)CC5)cn4)ncc3F)cc2n1C(C)C. The zero-order chi connectivity index (χ0) is 27.2. The number of fused-ring (bicyclic) bond motifs is 1. The van der Waals surface area contributed by atoms with Crippen molar-refractivity contribution in [1.29, 1.82) is 0 Å². The lowest BCUT2D eigenvalue weighted by Gasteiger charge is -2.32. The number of pyridine rings is 1. The second kappa shape index (κ2) is 9.99. The number of hydrogen-bond donors (Lipinski definition) is 1. The Morgan fingerprint density at radius 1 is 0.974 bits per heavy atom. The topological polar surface area (TPSA) is 106 Å². The molecule has 5 rings (SSSR count). The minimum absolute atomic E-state index is 0.00782. The fraction of sp³-hybridized carbons (Fsp3) is 0.385. The predicted molar refractivity (Wildman–Crippen MR) is 142 cm³/mol. The van der Waals surface area contributed by atoms with Gasteiger partial charge in [-0.25, -0.2) is 37.1 Å². The molecule has 3 aromatic heterocycles. The van der Waals surface area contributed by atoms with E-state index in [4.69, 9.17) is 0 Å². The first-order valence-corrected chi connectivity index (χ1v) is 14.2. The first-order valence-electron chi connectivity index (χ1n) is 12.4. The van der Waals surface area contributed by atoms with Crippen LogP contribution >= 0.6 is 0 Å². The van der Waals surface area contributed by atoms with Crippen molar-refractivity contribution in [1.82, 2.24) is 29.4 Å². The molecule has 4 aromatic rings. The maximum atomic E-state index is 14.9. The smallest absolute Gasteiger partial charge is 0.229 e. The predicted octanol–water partition coefficient (Wildman–Crippen LogP) is 4.59. The van der Waals surface area contributed by atoms with Gasteiger partial charge in [-0.2, -0.15) is 0 Å². The number of rotatable bonds is 6. The van der Waals surface area contributed by atoms with E-state index in [-0.39, 0.29) is 46.3 Å². The first-order chi connectivity index (χ1) is 18.0. The number of hydrogen-bond acceptors (Lipinski definition) is 8. The molecule has 1 unspecified atom stereocenters. The first kappa shape index (κ1) is 26.1. The van der Waals surface area contributed by atoms with Gasteiger partial charge in [0.05, 0.1) is 23.2 Å². The Bertz CT molecular complexity index is 1590. The summed E-state index contributed by atoms with van der Waals surface area (Å²) in [6, 6.07) is 6.62. The highest BCUT2D eigenvalue weighted by Crippen LogP contribution is 2.30. The molecule has 9 nitrogen and oxygen atoms in total. The van der Waals surface area contributed by atoms with E-state index >= 15 is 0 Å². The fourth-order valence-electron chi connectivity index (χ4n) is 4.85. The van der Waals surface area contributed by atoms with Gasteiger partial charge in [-0.15, -0.1) is 0 Å². The average Bonchev–Trinajstić information content (AvgIpc) is 3.22. The number of benzene rings is 1. The van der Waals surface area contributed by atoms with Crippen LogP contribution in [0.4, 0.5) is 20.5 Å². The van der Waals surface area contributed by atoms with Gasteiger partial charge in [-0.3, -0.25) is 4.90 Å². The highest BCUT2D eigenvalue weighted by molar-refractivity contribution is 7.91. The van der Waals surface area contributed by atoms with Crippen LogP contribution in [-0.4, -0.2) is 62.4 Å². The van der Waals surface area contributed by atoms with Crippen molar-refractivity contribution in [3.63, 3.8) is 0 Å². The third-order valence-corrected chi connectivity index (χ3v) is 8.50. The summed E-state index contributed by atoms with van der Waals surface area (Å²) < 4.78 is 55.1. The Kier molecular flexibility index (Phi) is 6.86. The minimum atomic E-state index is -2.95. The lowest BCUT2D eigenvalue weighted by Crippen LogP contribution is -2.41. The van der Waals surface area contributed by atoms with Gasteiger partial charge >= 0.3 is 0 Å². The molecule has 38 heavy (non-hydrogen) atoms. The molecular formula is C26H29F2N7O2S. The fourth-order valence-corrected chi connectivity index (χ4v) is 6.08. The molecule has 0 saturated carbocycles. The Hall–Kier alpha value is -3.51. The van der Waals surface area contributed by atoms with Crippen molar-refractivity contribution in [2.24, 2.45) is 0 Å². The van der Waals surface area contributed by atoms with Crippen molar-refractivity contribution >= 4 is 32.6 Å². The Labute approximate surface area is 219 Å². The van der Waals surface area contributed by atoms with Crippen LogP contribution in [0.5, 0.6) is 0 Å². The minimum Gasteiger partial charge on any atom is -0.326 e. The lowest BCUT2D eigenvalue weighted by atomic mass is 10.1. The molecule has 1 saturated heterocycles. The summed E-state index contributed by atoms with van der Waals surface area (Å²) in [4.78, 5) is 19.2. The van der Waals surface area contributed by atoms with Crippen molar-refractivity contribution < 1.29 is 17.2 Å². The van der Waals surface area contributed by atoms with Crippen LogP contribution in [-0.2, 0) is 9.84 Å². The van der Waals surface area contributed by atoms with E-state index in [0.717, 1.165) is 11.8 Å². The van der Waals surface area contributed by atoms with Crippen LogP contribution in [0.3, 0.4) is 0 Å². The van der Waals surface area contributed by atoms with Crippen molar-refractivity contribution in [3.05, 3.63) is 59.7 Å². The standard InChI is InChI=1S/C26H29F2N7O2S/c1-15(2)35-17(4)31-25-20(27)11-19(12-22(25)35)24-21(28)14-30-26(33-24)32-23-6-5-18(13-29-23)16(3)34-7-9-38(36,37)10-8-34/h5-6,11-16H,7-10H2,1-4H3,(H,29,30,32,33). The van der Waals surface area contributed by atoms with E-state index in [2.05, 4.69) is 30.2 Å². The van der Waals surface area contributed by atoms with Crippen molar-refractivity contribution in [2.45, 2.75) is 39.8 Å². The van der Waals surface area contributed by atoms with Crippen LogP contribution in [0.2, 0.25) is 0 Å². The molecule has 0 radical (unpaired) electrons. The lowest BCUT2D eigenvalue weighted by molar-refractivity contribution is 0.228. The second-order valence-corrected chi connectivity index (χ2v) is 12.1. The molecule has 1 N–H and O–H groups in total. The van der Waals surface area contributed by atoms with E-state index in [0.29, 0.717) is 30.2 Å². The molecule has 4 heterocycles. The van der Waals surface area contributed by atoms with Gasteiger partial charge < -0.3 is 9.88 Å². The molecule has 12 heteroatoms. The molecule has 1 atom stereocenters. The third-order valence-electron chi connectivity index (χ3n) is 6.89. The van der Waals surface area contributed by atoms with Crippen LogP contribution in [0.15, 0.2) is 36.7 Å². The quantitative estimate of drug-likeness (QED) is 0.378. The highest BCUT2D eigenvalue weighted by Gasteiger charge is 2.26. The Morgan fingerprint density at radius 3 is 2.37 bits per heavy atom. The molecule has 0 aliphatic carbocycles. The van der Waals surface area contributed by atoms with Gasteiger partial charge in [-0.1, -0.05) is 6.07 Å². The number of nitrogens with one attached hydrogen (secondary N) is 1. The van der Waals surface area contributed by atoms with E-state index < -0.39 is 21.5 Å². The monoisotopic (exact) mass is 541 g/mol. The molecular weight excluding hydrogens is 512 g/mol. The van der Waals surface area contributed by atoms with Gasteiger partial charge in [-0.05, 0) is 51.5 Å². The van der Waals surface area contributed by atoms with Gasteiger partial charge in [0.2, 0.25) is 5.95 Å². The van der Waals surface area contributed by atoms with Crippen molar-refractivity contribution in [2.75, 3.05) is 29.9 Å². The summed E-state index contributed by atoms with van der Waals surface area (Å²) >= 11 is 0. The number of anilines is 2. The average molecular weight is 542 g/mol. The van der Waals surface area contributed by atoms with E-state index in [9.17, 15) is 17.2 Å². The largest absolute Gasteiger partial charge is 0.326 e. The molecule has 200 valence electrons. The number of nitrogens with zero attached hydrogens (tertiary/aromatic N) is 6. The van der Waals surface area contributed by atoms with Crippen LogP contribution in [0, 0.1) is 18.6 Å². The van der Waals surface area contributed by atoms with E-state index in [1.807, 2.05) is 38.3 Å².